The van der Waals surface area contributed by atoms with Gasteiger partial charge < -0.3 is 20.1 Å². The summed E-state index contributed by atoms with van der Waals surface area (Å²) >= 11 is 0. The van der Waals surface area contributed by atoms with Gasteiger partial charge in [0, 0.05) is 24.2 Å². The maximum absolute atomic E-state index is 14.7. The molecule has 36 heavy (non-hydrogen) atoms. The number of anilines is 1. The highest BCUT2D eigenvalue weighted by Gasteiger charge is 2.38. The van der Waals surface area contributed by atoms with Crippen molar-refractivity contribution in [2.75, 3.05) is 32.2 Å². The average Bonchev–Trinajstić information content (AvgIpc) is 2.88. The second-order valence-corrected chi connectivity index (χ2v) is 8.60. The Balaban J connectivity index is 1.70. The van der Waals surface area contributed by atoms with Crippen molar-refractivity contribution in [1.82, 2.24) is 19.9 Å². The summed E-state index contributed by atoms with van der Waals surface area (Å²) in [6.07, 6.45) is -1.46. The second kappa shape index (κ2) is 10.2. The van der Waals surface area contributed by atoms with Crippen LogP contribution in [0.25, 0.3) is 11.0 Å². The molecular formula is C24H25F4N5O3. The molecule has 192 valence electrons. The van der Waals surface area contributed by atoms with Crippen molar-refractivity contribution in [2.24, 2.45) is 0 Å². The van der Waals surface area contributed by atoms with Crippen LogP contribution in [0.5, 0.6) is 5.88 Å². The minimum atomic E-state index is -2.95. The number of amides is 1. The van der Waals surface area contributed by atoms with Crippen LogP contribution in [0.4, 0.5) is 23.4 Å². The lowest BCUT2D eigenvalue weighted by Crippen LogP contribution is -2.45. The number of nitrogens with zero attached hydrogens (tertiary/aromatic N) is 4. The molecule has 1 fully saturated rings. The number of benzene rings is 1. The summed E-state index contributed by atoms with van der Waals surface area (Å²) in [4.78, 5) is 25.8. The minimum Gasteiger partial charge on any atom is -0.481 e. The summed E-state index contributed by atoms with van der Waals surface area (Å²) in [6, 6.07) is 4.66. The fourth-order valence-corrected chi connectivity index (χ4v) is 4.41. The van der Waals surface area contributed by atoms with E-state index >= 15 is 0 Å². The molecule has 1 aliphatic heterocycles. The number of hydrogen-bond acceptors (Lipinski definition) is 7. The summed E-state index contributed by atoms with van der Waals surface area (Å²) < 4.78 is 59.2. The van der Waals surface area contributed by atoms with Gasteiger partial charge in [-0.05, 0) is 25.8 Å². The van der Waals surface area contributed by atoms with Crippen molar-refractivity contribution in [3.63, 3.8) is 0 Å². The van der Waals surface area contributed by atoms with Gasteiger partial charge in [0.2, 0.25) is 5.88 Å². The summed E-state index contributed by atoms with van der Waals surface area (Å²) in [5, 5.41) is 14.8. The van der Waals surface area contributed by atoms with Gasteiger partial charge in [0.25, 0.3) is 12.3 Å². The highest BCUT2D eigenvalue weighted by atomic mass is 19.3. The highest BCUT2D eigenvalue weighted by molar-refractivity contribution is 5.87. The third kappa shape index (κ3) is 4.77. The molecule has 0 radical (unpaired) electrons. The zero-order valence-electron chi connectivity index (χ0n) is 19.6. The number of pyridine rings is 1. The molecule has 12 heteroatoms. The molecule has 0 spiro atoms. The van der Waals surface area contributed by atoms with Crippen molar-refractivity contribution in [1.29, 1.82) is 0 Å². The Morgan fingerprint density at radius 2 is 1.94 bits per heavy atom. The van der Waals surface area contributed by atoms with E-state index in [2.05, 4.69) is 20.3 Å². The monoisotopic (exact) mass is 507 g/mol. The van der Waals surface area contributed by atoms with Gasteiger partial charge in [0.05, 0.1) is 29.7 Å². The van der Waals surface area contributed by atoms with Crippen molar-refractivity contribution in [2.45, 2.75) is 37.8 Å². The third-order valence-electron chi connectivity index (χ3n) is 6.46. The number of rotatable bonds is 7. The summed E-state index contributed by atoms with van der Waals surface area (Å²) in [6.45, 7) is 0.788. The smallest absolute Gasteiger partial charge is 0.266 e. The van der Waals surface area contributed by atoms with E-state index in [9.17, 15) is 27.5 Å². The van der Waals surface area contributed by atoms with Gasteiger partial charge in [-0.2, -0.15) is 4.98 Å². The maximum Gasteiger partial charge on any atom is 0.266 e. The number of aliphatic hydroxyl groups is 1. The SMILES string of the molecule is COc1nc2ncnc(N[C@H](C)c3cccc(C(F)F)c3F)c2cc1C1(O)CCN(C(=O)CF)CC1. The van der Waals surface area contributed by atoms with Gasteiger partial charge in [-0.3, -0.25) is 4.79 Å². The van der Waals surface area contributed by atoms with Crippen molar-refractivity contribution in [3.8, 4) is 5.88 Å². The first-order valence-corrected chi connectivity index (χ1v) is 11.3. The van der Waals surface area contributed by atoms with Crippen LogP contribution in [0.15, 0.2) is 30.6 Å². The van der Waals surface area contributed by atoms with Crippen LogP contribution in [-0.4, -0.2) is 57.7 Å². The number of hydrogen-bond donors (Lipinski definition) is 2. The van der Waals surface area contributed by atoms with Gasteiger partial charge in [-0.15, -0.1) is 0 Å². The number of nitrogens with one attached hydrogen (secondary N) is 1. The summed E-state index contributed by atoms with van der Waals surface area (Å²) in [5.41, 5.74) is -1.51. The molecule has 0 unspecified atom stereocenters. The predicted octanol–water partition coefficient (Wildman–Crippen LogP) is 4.06. The van der Waals surface area contributed by atoms with E-state index in [1.165, 1.54) is 30.5 Å². The number of halogens is 4. The van der Waals surface area contributed by atoms with Crippen molar-refractivity contribution >= 4 is 22.8 Å². The Kier molecular flexibility index (Phi) is 7.25. The highest BCUT2D eigenvalue weighted by Crippen LogP contribution is 2.40. The van der Waals surface area contributed by atoms with Gasteiger partial charge in [-0.1, -0.05) is 18.2 Å². The van der Waals surface area contributed by atoms with Crippen LogP contribution in [0.3, 0.4) is 0 Å². The molecule has 1 atom stereocenters. The van der Waals surface area contributed by atoms with Gasteiger partial charge in [0.1, 0.15) is 18.0 Å². The van der Waals surface area contributed by atoms with Gasteiger partial charge >= 0.3 is 0 Å². The number of aromatic nitrogens is 3. The fraction of sp³-hybridized carbons (Fsp3) is 0.417. The first kappa shape index (κ1) is 25.5. The molecule has 1 saturated heterocycles. The van der Waals surface area contributed by atoms with E-state index in [0.717, 1.165) is 6.07 Å². The number of carbonyl (C=O) groups excluding carboxylic acids is 1. The molecule has 0 saturated carbocycles. The largest absolute Gasteiger partial charge is 0.481 e. The quantitative estimate of drug-likeness (QED) is 0.465. The zero-order chi connectivity index (χ0) is 26.0. The number of methoxy groups -OCH3 is 1. The number of carbonyl (C=O) groups is 1. The maximum atomic E-state index is 14.7. The Labute approximate surface area is 204 Å². The normalized spacial score (nSPS) is 16.3. The lowest BCUT2D eigenvalue weighted by molar-refractivity contribution is -0.136. The van der Waals surface area contributed by atoms with E-state index in [4.69, 9.17) is 4.74 Å². The van der Waals surface area contributed by atoms with Crippen LogP contribution in [0, 0.1) is 5.82 Å². The standard InChI is InChI=1S/C24H25F4N5O3/c1-13(14-4-3-5-15(19(14)26)20(27)28)31-21-16-10-17(23(36-2)32-22(16)30-12-29-21)24(35)6-8-33(9-7-24)18(34)11-25/h3-5,10,12-13,20,35H,6-9,11H2,1-2H3,(H,29,30,31,32)/t13-/m1/s1. The van der Waals surface area contributed by atoms with E-state index in [1.54, 1.807) is 13.0 Å². The molecule has 1 amide bonds. The van der Waals surface area contributed by atoms with Crippen LogP contribution in [0.2, 0.25) is 0 Å². The average molecular weight is 507 g/mol. The number of likely N-dealkylation sites (tertiary alicyclic amines) is 1. The first-order chi connectivity index (χ1) is 17.2. The summed E-state index contributed by atoms with van der Waals surface area (Å²) in [7, 11) is 1.39. The Hall–Kier alpha value is -3.54. The van der Waals surface area contributed by atoms with Crippen molar-refractivity contribution < 1.29 is 32.2 Å². The summed E-state index contributed by atoms with van der Waals surface area (Å²) in [5.74, 6) is -1.27. The molecule has 1 aromatic carbocycles. The second-order valence-electron chi connectivity index (χ2n) is 8.60. The fourth-order valence-electron chi connectivity index (χ4n) is 4.41. The van der Waals surface area contributed by atoms with Crippen LogP contribution < -0.4 is 10.1 Å². The Bertz CT molecular complexity index is 1270. The topological polar surface area (TPSA) is 100 Å². The van der Waals surface area contributed by atoms with E-state index in [0.29, 0.717) is 10.9 Å². The van der Waals surface area contributed by atoms with E-state index < -0.39 is 42.0 Å². The van der Waals surface area contributed by atoms with Crippen LogP contribution in [0.1, 0.15) is 48.9 Å². The molecule has 2 N–H and O–H groups in total. The Morgan fingerprint density at radius 1 is 1.25 bits per heavy atom. The third-order valence-corrected chi connectivity index (χ3v) is 6.46. The van der Waals surface area contributed by atoms with Gasteiger partial charge in [-0.25, -0.2) is 27.5 Å². The first-order valence-electron chi connectivity index (χ1n) is 11.3. The minimum absolute atomic E-state index is 0.0322. The zero-order valence-corrected chi connectivity index (χ0v) is 19.6. The molecule has 8 nitrogen and oxygen atoms in total. The Morgan fingerprint density at radius 3 is 2.58 bits per heavy atom. The number of alkyl halides is 3. The predicted molar refractivity (Wildman–Crippen MR) is 123 cm³/mol. The molecule has 1 aliphatic rings. The van der Waals surface area contributed by atoms with Crippen molar-refractivity contribution in [3.05, 3.63) is 53.1 Å². The number of fused-ring (bicyclic) bond motifs is 1. The lowest BCUT2D eigenvalue weighted by atomic mass is 9.84. The van der Waals surface area contributed by atoms with Gasteiger partial charge in [0.15, 0.2) is 12.3 Å². The van der Waals surface area contributed by atoms with Crippen LogP contribution in [-0.2, 0) is 10.4 Å². The molecular weight excluding hydrogens is 482 g/mol. The van der Waals surface area contributed by atoms with Crippen LogP contribution >= 0.6 is 0 Å². The molecule has 3 heterocycles. The number of ether oxygens (including phenoxy) is 1. The molecule has 0 aliphatic carbocycles. The molecule has 3 aromatic rings. The van der Waals surface area contributed by atoms with E-state index in [1.807, 2.05) is 0 Å². The molecule has 0 bridgehead atoms. The molecule has 4 rings (SSSR count). The lowest BCUT2D eigenvalue weighted by Gasteiger charge is -2.38. The van der Waals surface area contributed by atoms with E-state index in [-0.39, 0.29) is 48.8 Å². The molecule has 2 aromatic heterocycles. The number of piperidine rings is 1.